The Morgan fingerprint density at radius 2 is 2.10 bits per heavy atom. The molecule has 0 fully saturated rings. The van der Waals surface area contributed by atoms with E-state index in [1.807, 2.05) is 0 Å². The molecule has 0 saturated carbocycles. The van der Waals surface area contributed by atoms with E-state index in [0.29, 0.717) is 22.3 Å². The van der Waals surface area contributed by atoms with Crippen molar-refractivity contribution in [3.05, 3.63) is 28.2 Å². The molecule has 0 aliphatic carbocycles. The van der Waals surface area contributed by atoms with Crippen molar-refractivity contribution in [3.8, 4) is 0 Å². The highest BCUT2D eigenvalue weighted by Crippen LogP contribution is 2.26. The quantitative estimate of drug-likeness (QED) is 0.806. The molecule has 0 heterocycles. The zero-order chi connectivity index (χ0) is 15.1. The predicted molar refractivity (Wildman–Crippen MR) is 83.6 cm³/mol. The summed E-state index contributed by atoms with van der Waals surface area (Å²) < 4.78 is 4.80. The fourth-order valence-corrected chi connectivity index (χ4v) is 2.32. The molecule has 20 heavy (non-hydrogen) atoms. The Labute approximate surface area is 132 Å². The maximum Gasteiger partial charge on any atom is 0.315 e. The van der Waals surface area contributed by atoms with Crippen molar-refractivity contribution in [2.24, 2.45) is 0 Å². The Kier molecular flexibility index (Phi) is 7.19. The lowest BCUT2D eigenvalue weighted by Crippen LogP contribution is -2.24. The van der Waals surface area contributed by atoms with Crippen LogP contribution in [0.15, 0.2) is 18.2 Å². The molecule has 4 nitrogen and oxygen atoms in total. The molecule has 1 unspecified atom stereocenters. The first kappa shape index (κ1) is 17.1. The molecular weight excluding hydrogens is 321 g/mol. The van der Waals surface area contributed by atoms with Gasteiger partial charge in [-0.25, -0.2) is 0 Å². The molecule has 1 aromatic rings. The van der Waals surface area contributed by atoms with Crippen LogP contribution in [-0.4, -0.2) is 29.5 Å². The van der Waals surface area contributed by atoms with Gasteiger partial charge in [-0.05, 0) is 32.0 Å². The van der Waals surface area contributed by atoms with Gasteiger partial charge in [-0.3, -0.25) is 9.59 Å². The highest BCUT2D eigenvalue weighted by atomic mass is 35.5. The van der Waals surface area contributed by atoms with Gasteiger partial charge in [-0.15, -0.1) is 11.8 Å². The van der Waals surface area contributed by atoms with Gasteiger partial charge in [-0.2, -0.15) is 0 Å². The van der Waals surface area contributed by atoms with Crippen molar-refractivity contribution in [3.63, 3.8) is 0 Å². The van der Waals surface area contributed by atoms with Gasteiger partial charge in [-0.1, -0.05) is 23.2 Å². The van der Waals surface area contributed by atoms with Gasteiger partial charge < -0.3 is 10.1 Å². The average Bonchev–Trinajstić information content (AvgIpc) is 2.40. The maximum absolute atomic E-state index is 12.0. The lowest BCUT2D eigenvalue weighted by Gasteiger charge is -2.12. The summed E-state index contributed by atoms with van der Waals surface area (Å²) in [5, 5.41) is 3.16. The number of esters is 1. The van der Waals surface area contributed by atoms with Gasteiger partial charge in [0.15, 0.2) is 0 Å². The van der Waals surface area contributed by atoms with E-state index in [0.717, 1.165) is 0 Å². The second-order valence-electron chi connectivity index (χ2n) is 3.87. The van der Waals surface area contributed by atoms with Crippen LogP contribution in [-0.2, 0) is 14.3 Å². The Morgan fingerprint density at radius 1 is 1.40 bits per heavy atom. The molecule has 1 atom stereocenters. The number of anilines is 1. The molecule has 1 aromatic carbocycles. The van der Waals surface area contributed by atoms with Gasteiger partial charge in [0.25, 0.3) is 0 Å². The minimum atomic E-state index is -0.408. The van der Waals surface area contributed by atoms with Crippen molar-refractivity contribution in [1.82, 2.24) is 0 Å². The zero-order valence-electron chi connectivity index (χ0n) is 11.1. The van der Waals surface area contributed by atoms with Crippen molar-refractivity contribution < 1.29 is 14.3 Å². The van der Waals surface area contributed by atoms with Gasteiger partial charge >= 0.3 is 5.97 Å². The smallest absolute Gasteiger partial charge is 0.315 e. The molecule has 1 amide bonds. The van der Waals surface area contributed by atoms with Crippen LogP contribution >= 0.6 is 35.0 Å². The second-order valence-corrected chi connectivity index (χ2v) is 6.04. The number of amides is 1. The summed E-state index contributed by atoms with van der Waals surface area (Å²) >= 11 is 13.0. The molecule has 7 heteroatoms. The third-order valence-electron chi connectivity index (χ3n) is 2.31. The van der Waals surface area contributed by atoms with Crippen LogP contribution in [0.25, 0.3) is 0 Å². The Hall–Kier alpha value is -0.910. The SMILES string of the molecule is CCOC(=O)CSC(C)C(=O)Nc1cc(Cl)ccc1Cl. The van der Waals surface area contributed by atoms with Gasteiger partial charge in [0.1, 0.15) is 0 Å². The van der Waals surface area contributed by atoms with Crippen molar-refractivity contribution in [2.45, 2.75) is 19.1 Å². The second kappa shape index (κ2) is 8.39. The van der Waals surface area contributed by atoms with Crippen molar-refractivity contribution in [1.29, 1.82) is 0 Å². The highest BCUT2D eigenvalue weighted by molar-refractivity contribution is 8.01. The molecule has 0 bridgehead atoms. The molecule has 110 valence electrons. The Bertz CT molecular complexity index is 497. The van der Waals surface area contributed by atoms with E-state index in [2.05, 4.69) is 5.32 Å². The first-order valence-electron chi connectivity index (χ1n) is 5.97. The number of ether oxygens (including phenoxy) is 1. The summed E-state index contributed by atoms with van der Waals surface area (Å²) in [6, 6.07) is 4.82. The van der Waals surface area contributed by atoms with E-state index in [9.17, 15) is 9.59 Å². The number of hydrogen-bond acceptors (Lipinski definition) is 4. The minimum Gasteiger partial charge on any atom is -0.465 e. The lowest BCUT2D eigenvalue weighted by molar-refractivity contribution is -0.139. The third-order valence-corrected chi connectivity index (χ3v) is 3.99. The molecule has 0 aliphatic heterocycles. The van der Waals surface area contributed by atoms with Crippen LogP contribution in [0, 0.1) is 0 Å². The standard InChI is InChI=1S/C13H15Cl2NO3S/c1-3-19-12(17)7-20-8(2)13(18)16-11-6-9(14)4-5-10(11)15/h4-6,8H,3,7H2,1-2H3,(H,16,18). The van der Waals surface area contributed by atoms with Gasteiger partial charge in [0.2, 0.25) is 5.91 Å². The Morgan fingerprint density at radius 3 is 2.75 bits per heavy atom. The van der Waals surface area contributed by atoms with Crippen LogP contribution in [0.3, 0.4) is 0 Å². The average molecular weight is 336 g/mol. The summed E-state index contributed by atoms with van der Waals surface area (Å²) in [6.45, 7) is 3.77. The monoisotopic (exact) mass is 335 g/mol. The number of halogens is 2. The minimum absolute atomic E-state index is 0.131. The maximum atomic E-state index is 12.0. The van der Waals surface area contributed by atoms with Gasteiger partial charge in [0.05, 0.1) is 28.3 Å². The van der Waals surface area contributed by atoms with Crippen molar-refractivity contribution >= 4 is 52.5 Å². The largest absolute Gasteiger partial charge is 0.465 e. The number of rotatable bonds is 6. The van der Waals surface area contributed by atoms with E-state index in [1.54, 1.807) is 32.0 Å². The number of carbonyl (C=O) groups excluding carboxylic acids is 2. The summed E-state index contributed by atoms with van der Waals surface area (Å²) in [4.78, 5) is 23.2. The molecule has 1 rings (SSSR count). The summed E-state index contributed by atoms with van der Waals surface area (Å²) in [5.74, 6) is -0.451. The zero-order valence-corrected chi connectivity index (χ0v) is 13.4. The molecule has 0 aromatic heterocycles. The first-order valence-corrected chi connectivity index (χ1v) is 7.77. The van der Waals surface area contributed by atoms with E-state index < -0.39 is 5.25 Å². The fourth-order valence-electron chi connectivity index (χ4n) is 1.30. The van der Waals surface area contributed by atoms with E-state index >= 15 is 0 Å². The van der Waals surface area contributed by atoms with Crippen LogP contribution in [0.5, 0.6) is 0 Å². The number of thioether (sulfide) groups is 1. The van der Waals surface area contributed by atoms with Crippen LogP contribution in [0.1, 0.15) is 13.8 Å². The number of benzene rings is 1. The molecule has 0 saturated heterocycles. The summed E-state index contributed by atoms with van der Waals surface area (Å²) in [7, 11) is 0. The molecule has 0 spiro atoms. The van der Waals surface area contributed by atoms with E-state index in [1.165, 1.54) is 11.8 Å². The number of carbonyl (C=O) groups is 2. The molecular formula is C13H15Cl2NO3S. The lowest BCUT2D eigenvalue weighted by atomic mass is 10.3. The summed E-state index contributed by atoms with van der Waals surface area (Å²) in [5.41, 5.74) is 0.452. The van der Waals surface area contributed by atoms with E-state index in [-0.39, 0.29) is 17.6 Å². The number of hydrogen-bond donors (Lipinski definition) is 1. The predicted octanol–water partition coefficient (Wildman–Crippen LogP) is 3.62. The van der Waals surface area contributed by atoms with Gasteiger partial charge in [0, 0.05) is 5.02 Å². The Balaban J connectivity index is 2.53. The molecule has 0 aliphatic rings. The van der Waals surface area contributed by atoms with Crippen LogP contribution in [0.4, 0.5) is 5.69 Å². The first-order chi connectivity index (χ1) is 9.43. The normalized spacial score (nSPS) is 11.8. The van der Waals surface area contributed by atoms with Crippen LogP contribution < -0.4 is 5.32 Å². The molecule has 1 N–H and O–H groups in total. The van der Waals surface area contributed by atoms with E-state index in [4.69, 9.17) is 27.9 Å². The summed E-state index contributed by atoms with van der Waals surface area (Å²) in [6.07, 6.45) is 0. The highest BCUT2D eigenvalue weighted by Gasteiger charge is 2.17. The fraction of sp³-hybridized carbons (Fsp3) is 0.385. The topological polar surface area (TPSA) is 55.4 Å². The van der Waals surface area contributed by atoms with Crippen molar-refractivity contribution in [2.75, 3.05) is 17.7 Å². The third kappa shape index (κ3) is 5.61. The number of nitrogens with one attached hydrogen (secondary N) is 1. The molecule has 0 radical (unpaired) electrons. The van der Waals surface area contributed by atoms with Crippen LogP contribution in [0.2, 0.25) is 10.0 Å².